The first-order valence-corrected chi connectivity index (χ1v) is 7.74. The number of piperidine rings is 1. The van der Waals surface area contributed by atoms with Gasteiger partial charge in [-0.1, -0.05) is 0 Å². The maximum Gasteiger partial charge on any atom is 0.238 e. The third-order valence-electron chi connectivity index (χ3n) is 3.54. The highest BCUT2D eigenvalue weighted by atomic mass is 32.2. The molecule has 1 aliphatic rings. The largest absolute Gasteiger partial charge is 0.369 e. The average molecular weight is 287 g/mol. The van der Waals surface area contributed by atoms with Crippen LogP contribution in [0, 0.1) is 11.7 Å². The minimum Gasteiger partial charge on any atom is -0.369 e. The van der Waals surface area contributed by atoms with E-state index >= 15 is 0 Å². The first-order chi connectivity index (χ1) is 8.91. The summed E-state index contributed by atoms with van der Waals surface area (Å²) in [5.74, 6) is -0.0688. The van der Waals surface area contributed by atoms with Crippen molar-refractivity contribution >= 4 is 15.7 Å². The van der Waals surface area contributed by atoms with Crippen LogP contribution in [0.1, 0.15) is 12.8 Å². The summed E-state index contributed by atoms with van der Waals surface area (Å²) in [7, 11) is -3.86. The summed E-state index contributed by atoms with van der Waals surface area (Å²) >= 11 is 0. The number of nitrogens with two attached hydrogens (primary N) is 2. The third kappa shape index (κ3) is 3.23. The zero-order chi connectivity index (χ0) is 14.0. The van der Waals surface area contributed by atoms with Gasteiger partial charge in [0.1, 0.15) is 5.82 Å². The quantitative estimate of drug-likeness (QED) is 0.854. The molecule has 0 spiro atoms. The van der Waals surface area contributed by atoms with Crippen molar-refractivity contribution in [2.45, 2.75) is 17.7 Å². The zero-order valence-electron chi connectivity index (χ0n) is 10.5. The summed E-state index contributed by atoms with van der Waals surface area (Å²) < 4.78 is 36.2. The second-order valence-corrected chi connectivity index (χ2v) is 6.39. The Kier molecular flexibility index (Phi) is 4.07. The molecule has 1 saturated heterocycles. The molecule has 1 aromatic rings. The van der Waals surface area contributed by atoms with E-state index in [1.807, 2.05) is 4.90 Å². The van der Waals surface area contributed by atoms with E-state index in [0.29, 0.717) is 18.2 Å². The van der Waals surface area contributed by atoms with E-state index in [4.69, 9.17) is 10.9 Å². The average Bonchev–Trinajstić information content (AvgIpc) is 2.38. The van der Waals surface area contributed by atoms with Gasteiger partial charge in [-0.25, -0.2) is 17.9 Å². The van der Waals surface area contributed by atoms with E-state index in [-0.39, 0.29) is 4.90 Å². The van der Waals surface area contributed by atoms with Crippen molar-refractivity contribution in [3.05, 3.63) is 24.0 Å². The molecule has 19 heavy (non-hydrogen) atoms. The number of benzene rings is 1. The lowest BCUT2D eigenvalue weighted by molar-refractivity contribution is 0.411. The molecule has 4 N–H and O–H groups in total. The Hall–Kier alpha value is -1.18. The molecule has 7 heteroatoms. The van der Waals surface area contributed by atoms with Gasteiger partial charge >= 0.3 is 0 Å². The molecule has 1 aromatic carbocycles. The molecule has 0 radical (unpaired) electrons. The van der Waals surface area contributed by atoms with Crippen LogP contribution < -0.4 is 15.8 Å². The molecule has 0 bridgehead atoms. The van der Waals surface area contributed by atoms with Gasteiger partial charge in [0.15, 0.2) is 0 Å². The van der Waals surface area contributed by atoms with Crippen LogP contribution in [0.15, 0.2) is 23.1 Å². The predicted molar refractivity (Wildman–Crippen MR) is 71.8 cm³/mol. The van der Waals surface area contributed by atoms with Gasteiger partial charge in [-0.05, 0) is 43.5 Å². The van der Waals surface area contributed by atoms with Gasteiger partial charge in [-0.2, -0.15) is 0 Å². The number of anilines is 1. The summed E-state index contributed by atoms with van der Waals surface area (Å²) in [6.45, 7) is 2.11. The molecule has 0 unspecified atom stereocenters. The molecular formula is C12H18FN3O2S. The lowest BCUT2D eigenvalue weighted by Crippen LogP contribution is -2.36. The highest BCUT2D eigenvalue weighted by Crippen LogP contribution is 2.26. The Bertz CT molecular complexity index is 554. The maximum atomic E-state index is 14.0. The number of primary sulfonamides is 1. The molecule has 0 aliphatic carbocycles. The standard InChI is InChI=1S/C12H18FN3O2S/c13-11-7-10(19(15,17)18)1-2-12(11)16-5-3-9(8-14)4-6-16/h1-2,7,9H,3-6,8,14H2,(H2,15,17,18). The first kappa shape index (κ1) is 14.2. The van der Waals surface area contributed by atoms with Gasteiger partial charge in [-0.3, -0.25) is 0 Å². The van der Waals surface area contributed by atoms with Gasteiger partial charge in [0.2, 0.25) is 10.0 Å². The summed E-state index contributed by atoms with van der Waals surface area (Å²) in [4.78, 5) is 1.71. The fraction of sp³-hybridized carbons (Fsp3) is 0.500. The van der Waals surface area contributed by atoms with Crippen LogP contribution in [-0.2, 0) is 10.0 Å². The van der Waals surface area contributed by atoms with Crippen LogP contribution in [-0.4, -0.2) is 28.1 Å². The SMILES string of the molecule is NCC1CCN(c2ccc(S(N)(=O)=O)cc2F)CC1. The minimum absolute atomic E-state index is 0.203. The van der Waals surface area contributed by atoms with Crippen molar-refractivity contribution in [2.24, 2.45) is 16.8 Å². The van der Waals surface area contributed by atoms with Crippen molar-refractivity contribution in [2.75, 3.05) is 24.5 Å². The highest BCUT2D eigenvalue weighted by Gasteiger charge is 2.21. The molecule has 1 fully saturated rings. The molecule has 5 nitrogen and oxygen atoms in total. The molecule has 0 atom stereocenters. The van der Waals surface area contributed by atoms with Crippen LogP contribution in [0.3, 0.4) is 0 Å². The van der Waals surface area contributed by atoms with E-state index in [1.165, 1.54) is 12.1 Å². The molecule has 0 amide bonds. The smallest absolute Gasteiger partial charge is 0.238 e. The van der Waals surface area contributed by atoms with E-state index in [0.717, 1.165) is 32.0 Å². The van der Waals surface area contributed by atoms with Crippen molar-refractivity contribution < 1.29 is 12.8 Å². The number of hydrogen-bond acceptors (Lipinski definition) is 4. The fourth-order valence-electron chi connectivity index (χ4n) is 2.33. The molecule has 2 rings (SSSR count). The van der Waals surface area contributed by atoms with Crippen LogP contribution in [0.2, 0.25) is 0 Å². The predicted octanol–water partition coefficient (Wildman–Crippen LogP) is 0.648. The van der Waals surface area contributed by atoms with E-state index in [2.05, 4.69) is 0 Å². The van der Waals surface area contributed by atoms with Crippen LogP contribution in [0.4, 0.5) is 10.1 Å². The Morgan fingerprint density at radius 2 is 1.95 bits per heavy atom. The van der Waals surface area contributed by atoms with Gasteiger partial charge in [0.25, 0.3) is 0 Å². The summed E-state index contributed by atoms with van der Waals surface area (Å²) in [5, 5.41) is 4.97. The Labute approximate surface area is 112 Å². The maximum absolute atomic E-state index is 14.0. The molecule has 0 saturated carbocycles. The van der Waals surface area contributed by atoms with Gasteiger partial charge in [0.05, 0.1) is 10.6 Å². The Morgan fingerprint density at radius 1 is 1.32 bits per heavy atom. The molecule has 1 heterocycles. The van der Waals surface area contributed by atoms with E-state index in [9.17, 15) is 12.8 Å². The topological polar surface area (TPSA) is 89.4 Å². The van der Waals surface area contributed by atoms with Gasteiger partial charge in [-0.15, -0.1) is 0 Å². The molecule has 1 aliphatic heterocycles. The second kappa shape index (κ2) is 5.44. The van der Waals surface area contributed by atoms with Crippen molar-refractivity contribution in [3.8, 4) is 0 Å². The second-order valence-electron chi connectivity index (χ2n) is 4.82. The number of rotatable bonds is 3. The molecular weight excluding hydrogens is 269 g/mol. The number of hydrogen-bond donors (Lipinski definition) is 2. The number of sulfonamides is 1. The Balaban J connectivity index is 2.18. The van der Waals surface area contributed by atoms with Crippen LogP contribution in [0.5, 0.6) is 0 Å². The fourth-order valence-corrected chi connectivity index (χ4v) is 2.86. The first-order valence-electron chi connectivity index (χ1n) is 6.19. The lowest BCUT2D eigenvalue weighted by Gasteiger charge is -2.33. The van der Waals surface area contributed by atoms with E-state index < -0.39 is 15.8 Å². The number of halogens is 1. The Morgan fingerprint density at radius 3 is 2.42 bits per heavy atom. The third-order valence-corrected chi connectivity index (χ3v) is 4.45. The number of nitrogens with zero attached hydrogens (tertiary/aromatic N) is 1. The zero-order valence-corrected chi connectivity index (χ0v) is 11.4. The molecule has 0 aromatic heterocycles. The van der Waals surface area contributed by atoms with Gasteiger partial charge in [0, 0.05) is 13.1 Å². The van der Waals surface area contributed by atoms with E-state index in [1.54, 1.807) is 0 Å². The minimum atomic E-state index is -3.86. The normalized spacial score (nSPS) is 17.7. The van der Waals surface area contributed by atoms with Gasteiger partial charge < -0.3 is 10.6 Å². The van der Waals surface area contributed by atoms with Crippen LogP contribution >= 0.6 is 0 Å². The monoisotopic (exact) mass is 287 g/mol. The van der Waals surface area contributed by atoms with Crippen molar-refractivity contribution in [1.29, 1.82) is 0 Å². The summed E-state index contributed by atoms with van der Waals surface area (Å²) in [5.41, 5.74) is 6.03. The lowest BCUT2D eigenvalue weighted by atomic mass is 9.97. The molecule has 106 valence electrons. The van der Waals surface area contributed by atoms with Crippen molar-refractivity contribution in [3.63, 3.8) is 0 Å². The summed E-state index contributed by atoms with van der Waals surface area (Å²) in [6.07, 6.45) is 1.85. The van der Waals surface area contributed by atoms with Crippen LogP contribution in [0.25, 0.3) is 0 Å². The summed E-state index contributed by atoms with van der Waals surface area (Å²) in [6, 6.07) is 3.78. The highest BCUT2D eigenvalue weighted by molar-refractivity contribution is 7.89. The van der Waals surface area contributed by atoms with Crippen molar-refractivity contribution in [1.82, 2.24) is 0 Å².